The number of carbonyl (C=O) groups excluding carboxylic acids is 1. The van der Waals surface area contributed by atoms with Gasteiger partial charge in [0.25, 0.3) is 0 Å². The van der Waals surface area contributed by atoms with E-state index in [1.54, 1.807) is 11.0 Å². The number of nitrogens with zero attached hydrogens (tertiary/aromatic N) is 2. The van der Waals surface area contributed by atoms with Crippen LogP contribution < -0.4 is 5.73 Å². The molecule has 1 aliphatic rings. The molecule has 37 heavy (non-hydrogen) atoms. The predicted molar refractivity (Wildman–Crippen MR) is 151 cm³/mol. The summed E-state index contributed by atoms with van der Waals surface area (Å²) in [5.74, 6) is 0. The molecule has 4 rings (SSSR count). The van der Waals surface area contributed by atoms with E-state index >= 15 is 0 Å². The van der Waals surface area contributed by atoms with Crippen LogP contribution in [0.5, 0.6) is 0 Å². The molecule has 7 heteroatoms. The number of ether oxygens (including phenoxy) is 1. The van der Waals surface area contributed by atoms with E-state index < -0.39 is 10.8 Å². The first-order valence-corrected chi connectivity index (χ1v) is 13.2. The van der Waals surface area contributed by atoms with Crippen molar-refractivity contribution in [2.75, 3.05) is 26.8 Å². The maximum atomic E-state index is 13.1. The van der Waals surface area contributed by atoms with E-state index in [-0.39, 0.29) is 24.4 Å². The monoisotopic (exact) mass is 515 g/mol. The van der Waals surface area contributed by atoms with E-state index in [1.165, 1.54) is 23.8 Å². The number of rotatable bonds is 10. The number of hydrogen-bond acceptors (Lipinski definition) is 6. The van der Waals surface area contributed by atoms with E-state index in [4.69, 9.17) is 15.3 Å². The van der Waals surface area contributed by atoms with Crippen molar-refractivity contribution in [3.05, 3.63) is 120 Å². The van der Waals surface area contributed by atoms with E-state index in [9.17, 15) is 4.79 Å². The molecule has 3 aromatic rings. The zero-order valence-corrected chi connectivity index (χ0v) is 21.8. The summed E-state index contributed by atoms with van der Waals surface area (Å²) in [6, 6.07) is 31.3. The van der Waals surface area contributed by atoms with Crippen LogP contribution in [0.3, 0.4) is 0 Å². The summed E-state index contributed by atoms with van der Waals surface area (Å²) < 4.78 is 4.93. The van der Waals surface area contributed by atoms with Gasteiger partial charge in [0.1, 0.15) is 13.7 Å². The van der Waals surface area contributed by atoms with E-state index in [0.29, 0.717) is 18.7 Å². The van der Waals surface area contributed by atoms with Crippen LogP contribution in [0.25, 0.3) is 0 Å². The molecule has 1 heterocycles. The Hall–Kier alpha value is -3.55. The molecule has 0 aliphatic carbocycles. The number of nitrogens with two attached hydrogens (primary N) is 1. The van der Waals surface area contributed by atoms with Crippen LogP contribution in [0.2, 0.25) is 0 Å². The fourth-order valence-corrected chi connectivity index (χ4v) is 6.77. The molecule has 0 aromatic heterocycles. The minimum absolute atomic E-state index is 0.0653. The number of carbonyl (C=O) groups is 1. The molecule has 0 spiro atoms. The maximum absolute atomic E-state index is 13.1. The quantitative estimate of drug-likeness (QED) is 0.168. The Morgan fingerprint density at radius 3 is 1.97 bits per heavy atom. The summed E-state index contributed by atoms with van der Waals surface area (Å²) in [5, 5.41) is 4.22. The first kappa shape index (κ1) is 26.5. The number of thioether (sulfide) groups is 1. The Bertz CT molecular complexity index is 1090. The van der Waals surface area contributed by atoms with Crippen molar-refractivity contribution in [2.24, 2.45) is 10.9 Å². The fourth-order valence-electron chi connectivity index (χ4n) is 4.94. The first-order chi connectivity index (χ1) is 18.1. The molecule has 1 fully saturated rings. The molecule has 1 amide bonds. The highest BCUT2D eigenvalue weighted by Crippen LogP contribution is 2.52. The fraction of sp³-hybridized carbons (Fsp3) is 0.267. The second kappa shape index (κ2) is 12.6. The number of amides is 1. The highest BCUT2D eigenvalue weighted by atomic mass is 32.2. The van der Waals surface area contributed by atoms with Gasteiger partial charge in [-0.3, -0.25) is 4.90 Å². The van der Waals surface area contributed by atoms with Gasteiger partial charge in [0, 0.05) is 18.3 Å². The second-order valence-corrected chi connectivity index (χ2v) is 10.3. The van der Waals surface area contributed by atoms with Gasteiger partial charge in [0.2, 0.25) is 0 Å². The number of benzene rings is 3. The van der Waals surface area contributed by atoms with Crippen molar-refractivity contribution in [3.63, 3.8) is 0 Å². The number of hydrogen-bond donors (Lipinski definition) is 1. The van der Waals surface area contributed by atoms with Crippen LogP contribution in [-0.2, 0) is 14.3 Å². The molecular formula is C30H33N3O3S. The lowest BCUT2D eigenvalue weighted by molar-refractivity contribution is 0.115. The topological polar surface area (TPSA) is 77.2 Å². The summed E-state index contributed by atoms with van der Waals surface area (Å²) in [7, 11) is 1.49. The van der Waals surface area contributed by atoms with Crippen LogP contribution in [0.1, 0.15) is 23.1 Å². The smallest absolute Gasteiger partial charge is 0.410 e. The Kier molecular flexibility index (Phi) is 9.04. The van der Waals surface area contributed by atoms with E-state index in [2.05, 4.69) is 84.5 Å². The molecule has 0 radical (unpaired) electrons. The third-order valence-electron chi connectivity index (χ3n) is 6.51. The van der Waals surface area contributed by atoms with Gasteiger partial charge in [-0.15, -0.1) is 11.8 Å². The van der Waals surface area contributed by atoms with Crippen LogP contribution >= 0.6 is 11.8 Å². The number of likely N-dealkylation sites (tertiary alicyclic amines) is 1. The van der Waals surface area contributed by atoms with Crippen molar-refractivity contribution >= 4 is 23.6 Å². The van der Waals surface area contributed by atoms with Gasteiger partial charge < -0.3 is 15.3 Å². The highest BCUT2D eigenvalue weighted by Gasteiger charge is 2.45. The zero-order valence-electron chi connectivity index (χ0n) is 21.0. The molecule has 0 saturated carbocycles. The highest BCUT2D eigenvalue weighted by molar-refractivity contribution is 8.01. The minimum Gasteiger partial charge on any atom is -0.445 e. The predicted octanol–water partition coefficient (Wildman–Crippen LogP) is 5.44. The SMILES string of the molecule is C=CCOC(=O)N1C[C@@H](SC(c2ccccc2)(c2ccccc2)c2ccccc2)C[C@H]1/C(CN)=N/OC. The Balaban J connectivity index is 1.80. The van der Waals surface area contributed by atoms with Crippen molar-refractivity contribution < 1.29 is 14.4 Å². The summed E-state index contributed by atoms with van der Waals surface area (Å²) in [5.41, 5.74) is 10.2. The van der Waals surface area contributed by atoms with Crippen molar-refractivity contribution in [1.82, 2.24) is 4.90 Å². The van der Waals surface area contributed by atoms with Gasteiger partial charge in [0.05, 0.1) is 16.5 Å². The van der Waals surface area contributed by atoms with Crippen molar-refractivity contribution in [3.8, 4) is 0 Å². The van der Waals surface area contributed by atoms with Gasteiger partial charge >= 0.3 is 6.09 Å². The molecule has 6 nitrogen and oxygen atoms in total. The lowest BCUT2D eigenvalue weighted by Gasteiger charge is -2.37. The Labute approximate surface area is 223 Å². The van der Waals surface area contributed by atoms with Gasteiger partial charge in [-0.2, -0.15) is 0 Å². The molecule has 1 saturated heterocycles. The van der Waals surface area contributed by atoms with Crippen LogP contribution in [0.4, 0.5) is 4.79 Å². The van der Waals surface area contributed by atoms with Crippen LogP contribution in [0.15, 0.2) is 109 Å². The molecule has 2 atom stereocenters. The molecule has 1 aliphatic heterocycles. The standard InChI is InChI=1S/C30H33N3O3S/c1-3-19-36-29(34)33-22-26(20-28(33)27(21-31)32-35-2)37-30(23-13-7-4-8-14-23,24-15-9-5-10-16-24)25-17-11-6-12-18-25/h3-18,26,28H,1,19-22,31H2,2H3/b32-27+/t26-,28-/m0/s1. The van der Waals surface area contributed by atoms with Gasteiger partial charge in [0.15, 0.2) is 0 Å². The lowest BCUT2D eigenvalue weighted by Crippen LogP contribution is -2.43. The Morgan fingerprint density at radius 2 is 1.54 bits per heavy atom. The first-order valence-electron chi connectivity index (χ1n) is 12.3. The number of oxime groups is 1. The summed E-state index contributed by atoms with van der Waals surface area (Å²) in [6.07, 6.45) is 1.82. The Morgan fingerprint density at radius 1 is 1.03 bits per heavy atom. The summed E-state index contributed by atoms with van der Waals surface area (Å²) in [6.45, 7) is 4.47. The maximum Gasteiger partial charge on any atom is 0.410 e. The van der Waals surface area contributed by atoms with Gasteiger partial charge in [-0.05, 0) is 23.1 Å². The van der Waals surface area contributed by atoms with Gasteiger partial charge in [-0.1, -0.05) is 109 Å². The summed E-state index contributed by atoms with van der Waals surface area (Å²) in [4.78, 5) is 19.9. The molecular weight excluding hydrogens is 482 g/mol. The largest absolute Gasteiger partial charge is 0.445 e. The average molecular weight is 516 g/mol. The normalized spacial score (nSPS) is 17.9. The molecule has 192 valence electrons. The minimum atomic E-state index is -0.499. The van der Waals surface area contributed by atoms with Crippen molar-refractivity contribution in [1.29, 1.82) is 0 Å². The van der Waals surface area contributed by atoms with E-state index in [0.717, 1.165) is 0 Å². The third-order valence-corrected chi connectivity index (χ3v) is 8.24. The average Bonchev–Trinajstić information content (AvgIpc) is 3.38. The van der Waals surface area contributed by atoms with Crippen LogP contribution in [0, 0.1) is 0 Å². The van der Waals surface area contributed by atoms with Gasteiger partial charge in [-0.25, -0.2) is 4.79 Å². The molecule has 2 N–H and O–H groups in total. The molecule has 3 aromatic carbocycles. The van der Waals surface area contributed by atoms with Crippen molar-refractivity contribution in [2.45, 2.75) is 22.5 Å². The third kappa shape index (κ3) is 5.73. The second-order valence-electron chi connectivity index (χ2n) is 8.76. The lowest BCUT2D eigenvalue weighted by atomic mass is 9.84. The molecule has 0 unspecified atom stereocenters. The summed E-state index contributed by atoms with van der Waals surface area (Å²) >= 11 is 1.85. The zero-order chi connectivity index (χ0) is 26.1. The van der Waals surface area contributed by atoms with E-state index in [1.807, 2.05) is 30.0 Å². The van der Waals surface area contributed by atoms with Crippen LogP contribution in [-0.4, -0.2) is 54.8 Å². The molecule has 0 bridgehead atoms.